The minimum Gasteiger partial charge on any atom is -0.316 e. The zero-order valence-corrected chi connectivity index (χ0v) is 12.8. The van der Waals surface area contributed by atoms with Crippen molar-refractivity contribution in [2.45, 2.75) is 38.0 Å². The maximum atomic E-state index is 3.66. The average molecular weight is 277 g/mol. The third-order valence-corrected chi connectivity index (χ3v) is 5.46. The van der Waals surface area contributed by atoms with Crippen LogP contribution in [0.4, 0.5) is 0 Å². The molecule has 2 aliphatic rings. The van der Waals surface area contributed by atoms with Crippen molar-refractivity contribution in [3.05, 3.63) is 70.3 Å². The summed E-state index contributed by atoms with van der Waals surface area (Å²) in [6, 6.07) is 16.0. The first-order chi connectivity index (χ1) is 10.3. The average Bonchev–Trinajstić information content (AvgIpc) is 2.65. The molecule has 1 atom stereocenters. The fourth-order valence-electron chi connectivity index (χ4n) is 4.36. The van der Waals surface area contributed by atoms with Crippen molar-refractivity contribution >= 4 is 0 Å². The Kier molecular flexibility index (Phi) is 3.11. The third-order valence-electron chi connectivity index (χ3n) is 5.46. The molecule has 1 heteroatoms. The summed E-state index contributed by atoms with van der Waals surface area (Å²) in [6.07, 6.45) is 4.88. The van der Waals surface area contributed by atoms with Crippen molar-refractivity contribution in [1.82, 2.24) is 5.32 Å². The Morgan fingerprint density at radius 3 is 2.71 bits per heavy atom. The van der Waals surface area contributed by atoms with Crippen LogP contribution in [0.1, 0.15) is 40.7 Å². The molecule has 1 saturated heterocycles. The van der Waals surface area contributed by atoms with Crippen LogP contribution in [0.5, 0.6) is 0 Å². The molecule has 2 aromatic rings. The molecule has 0 radical (unpaired) electrons. The molecular weight excluding hydrogens is 254 g/mol. The number of hydrogen-bond acceptors (Lipinski definition) is 1. The summed E-state index contributed by atoms with van der Waals surface area (Å²) in [7, 11) is 0. The monoisotopic (exact) mass is 277 g/mol. The highest BCUT2D eigenvalue weighted by atomic mass is 14.9. The van der Waals surface area contributed by atoms with Gasteiger partial charge >= 0.3 is 0 Å². The van der Waals surface area contributed by atoms with Crippen molar-refractivity contribution in [2.24, 2.45) is 0 Å². The molecule has 2 aromatic carbocycles. The van der Waals surface area contributed by atoms with E-state index in [0.717, 1.165) is 13.0 Å². The zero-order valence-electron chi connectivity index (χ0n) is 12.8. The first-order valence-electron chi connectivity index (χ1n) is 8.15. The highest BCUT2D eigenvalue weighted by Gasteiger charge is 2.38. The smallest absolute Gasteiger partial charge is 0.0122 e. The Morgan fingerprint density at radius 2 is 1.86 bits per heavy atom. The molecule has 1 aliphatic heterocycles. The van der Waals surface area contributed by atoms with Gasteiger partial charge in [-0.25, -0.2) is 0 Å². The Morgan fingerprint density at radius 1 is 1.00 bits per heavy atom. The lowest BCUT2D eigenvalue weighted by molar-refractivity contribution is 0.310. The minimum atomic E-state index is 0.298. The van der Waals surface area contributed by atoms with Crippen LogP contribution >= 0.6 is 0 Å². The Hall–Kier alpha value is -1.60. The molecule has 1 aliphatic carbocycles. The molecular formula is C20H23N. The Labute approximate surface area is 127 Å². The van der Waals surface area contributed by atoms with Crippen molar-refractivity contribution in [3.63, 3.8) is 0 Å². The van der Waals surface area contributed by atoms with E-state index in [4.69, 9.17) is 0 Å². The highest BCUT2D eigenvalue weighted by Crippen LogP contribution is 2.41. The summed E-state index contributed by atoms with van der Waals surface area (Å²) in [6.45, 7) is 4.57. The normalized spacial score (nSPS) is 24.2. The van der Waals surface area contributed by atoms with Crippen molar-refractivity contribution < 1.29 is 0 Å². The number of piperidine rings is 1. The molecule has 1 unspecified atom stereocenters. The number of aryl methyl sites for hydroxylation is 1. The molecule has 0 amide bonds. The topological polar surface area (TPSA) is 12.0 Å². The van der Waals surface area contributed by atoms with Gasteiger partial charge in [-0.2, -0.15) is 0 Å². The van der Waals surface area contributed by atoms with Gasteiger partial charge in [-0.1, -0.05) is 42.5 Å². The number of hydrogen-bond donors (Lipinski definition) is 1. The fraction of sp³-hybridized carbons (Fsp3) is 0.400. The van der Waals surface area contributed by atoms with Gasteiger partial charge in [0.25, 0.3) is 0 Å². The van der Waals surface area contributed by atoms with E-state index in [1.807, 2.05) is 0 Å². The van der Waals surface area contributed by atoms with Gasteiger partial charge in [0.05, 0.1) is 0 Å². The number of benzene rings is 2. The van der Waals surface area contributed by atoms with E-state index >= 15 is 0 Å². The lowest BCUT2D eigenvalue weighted by Gasteiger charge is -2.39. The summed E-state index contributed by atoms with van der Waals surface area (Å²) in [5.41, 5.74) is 8.01. The second-order valence-electron chi connectivity index (χ2n) is 6.78. The van der Waals surface area contributed by atoms with Crippen LogP contribution in [0, 0.1) is 6.92 Å². The van der Waals surface area contributed by atoms with Crippen LogP contribution in [-0.2, 0) is 18.3 Å². The van der Waals surface area contributed by atoms with Crippen LogP contribution in [0.3, 0.4) is 0 Å². The molecule has 1 nitrogen and oxygen atoms in total. The van der Waals surface area contributed by atoms with E-state index in [9.17, 15) is 0 Å². The Bertz CT molecular complexity index is 665. The number of rotatable bonds is 0. The molecule has 1 N–H and O–H groups in total. The standard InChI is InChI=1S/C20H23N/c1-15-6-4-8-16-12-17-7-2-3-9-19(17)20(13-18(15)16)10-5-11-21-14-20/h2-4,6-9,21H,5,10-14H2,1H3. The van der Waals surface area contributed by atoms with Gasteiger partial charge in [0.15, 0.2) is 0 Å². The van der Waals surface area contributed by atoms with E-state index in [-0.39, 0.29) is 0 Å². The van der Waals surface area contributed by atoms with Crippen LogP contribution in [0.2, 0.25) is 0 Å². The van der Waals surface area contributed by atoms with Gasteiger partial charge in [0.2, 0.25) is 0 Å². The van der Waals surface area contributed by atoms with E-state index in [0.29, 0.717) is 5.41 Å². The lowest BCUT2D eigenvalue weighted by Crippen LogP contribution is -2.45. The molecule has 4 rings (SSSR count). The third kappa shape index (κ3) is 2.11. The second kappa shape index (κ2) is 4.99. The maximum Gasteiger partial charge on any atom is 0.0122 e. The SMILES string of the molecule is Cc1cccc2c1CC1(CCCNC1)c1ccccc1C2. The minimum absolute atomic E-state index is 0.298. The van der Waals surface area contributed by atoms with E-state index in [1.54, 1.807) is 11.1 Å². The van der Waals surface area contributed by atoms with Crippen molar-refractivity contribution in [1.29, 1.82) is 0 Å². The fourth-order valence-corrected chi connectivity index (χ4v) is 4.36. The molecule has 1 heterocycles. The molecule has 0 bridgehead atoms. The van der Waals surface area contributed by atoms with Crippen LogP contribution in [0.25, 0.3) is 0 Å². The first-order valence-corrected chi connectivity index (χ1v) is 8.15. The largest absolute Gasteiger partial charge is 0.316 e. The van der Waals surface area contributed by atoms with Gasteiger partial charge < -0.3 is 5.32 Å². The van der Waals surface area contributed by atoms with Crippen LogP contribution in [-0.4, -0.2) is 13.1 Å². The summed E-state index contributed by atoms with van der Waals surface area (Å²) in [5, 5.41) is 3.66. The predicted octanol–water partition coefficient (Wildman–Crippen LogP) is 3.76. The number of nitrogens with one attached hydrogen (secondary N) is 1. The summed E-state index contributed by atoms with van der Waals surface area (Å²) in [4.78, 5) is 0. The quantitative estimate of drug-likeness (QED) is 0.773. The van der Waals surface area contributed by atoms with Gasteiger partial charge in [-0.3, -0.25) is 0 Å². The zero-order chi connectivity index (χ0) is 14.3. The summed E-state index contributed by atoms with van der Waals surface area (Å²) >= 11 is 0. The molecule has 1 spiro atoms. The maximum absolute atomic E-state index is 3.66. The number of fused-ring (bicyclic) bond motifs is 3. The second-order valence-corrected chi connectivity index (χ2v) is 6.78. The molecule has 1 fully saturated rings. The molecule has 108 valence electrons. The van der Waals surface area contributed by atoms with Crippen LogP contribution < -0.4 is 5.32 Å². The van der Waals surface area contributed by atoms with Crippen LogP contribution in [0.15, 0.2) is 42.5 Å². The van der Waals surface area contributed by atoms with E-state index < -0.39 is 0 Å². The predicted molar refractivity (Wildman–Crippen MR) is 87.9 cm³/mol. The Balaban J connectivity index is 1.92. The first kappa shape index (κ1) is 13.1. The molecule has 21 heavy (non-hydrogen) atoms. The van der Waals surface area contributed by atoms with E-state index in [1.165, 1.54) is 42.5 Å². The molecule has 0 saturated carbocycles. The van der Waals surface area contributed by atoms with Gasteiger partial charge in [-0.15, -0.1) is 0 Å². The van der Waals surface area contributed by atoms with E-state index in [2.05, 4.69) is 54.7 Å². The lowest BCUT2D eigenvalue weighted by atomic mass is 9.70. The summed E-state index contributed by atoms with van der Waals surface area (Å²) in [5.74, 6) is 0. The highest BCUT2D eigenvalue weighted by molar-refractivity contribution is 5.48. The summed E-state index contributed by atoms with van der Waals surface area (Å²) < 4.78 is 0. The van der Waals surface area contributed by atoms with Gasteiger partial charge in [0, 0.05) is 12.0 Å². The van der Waals surface area contributed by atoms with Crippen molar-refractivity contribution in [3.8, 4) is 0 Å². The van der Waals surface area contributed by atoms with Gasteiger partial charge in [0.1, 0.15) is 0 Å². The van der Waals surface area contributed by atoms with Crippen molar-refractivity contribution in [2.75, 3.05) is 13.1 Å². The van der Waals surface area contributed by atoms with Gasteiger partial charge in [-0.05, 0) is 67.0 Å². The molecule has 0 aromatic heterocycles.